The van der Waals surface area contributed by atoms with E-state index in [4.69, 9.17) is 5.26 Å². The third-order valence-electron chi connectivity index (χ3n) is 3.49. The zero-order valence-corrected chi connectivity index (χ0v) is 11.7. The highest BCUT2D eigenvalue weighted by atomic mass is 16.2. The Morgan fingerprint density at radius 1 is 1.35 bits per heavy atom. The molecule has 1 aromatic carbocycles. The number of imidazole rings is 1. The predicted octanol–water partition coefficient (Wildman–Crippen LogP) is 0.305. The number of fused-ring (bicyclic) bond motifs is 1. The first kappa shape index (κ1) is 13.9. The number of rotatable bonds is 3. The molecule has 1 N–H and O–H groups in total. The smallest absolute Gasteiger partial charge is 0.328 e. The molecule has 20 heavy (non-hydrogen) atoms. The number of amides is 1. The van der Waals surface area contributed by atoms with Gasteiger partial charge in [0.2, 0.25) is 5.91 Å². The van der Waals surface area contributed by atoms with Crippen LogP contribution < -0.4 is 11.0 Å². The van der Waals surface area contributed by atoms with Gasteiger partial charge >= 0.3 is 5.69 Å². The Morgan fingerprint density at radius 2 is 2.00 bits per heavy atom. The minimum absolute atomic E-state index is 0.0970. The van der Waals surface area contributed by atoms with Crippen LogP contribution in [0.1, 0.15) is 5.56 Å². The molecule has 1 atom stereocenters. The van der Waals surface area contributed by atoms with E-state index in [0.717, 1.165) is 16.6 Å². The molecular weight excluding hydrogens is 256 g/mol. The fourth-order valence-corrected chi connectivity index (χ4v) is 2.29. The van der Waals surface area contributed by atoms with Gasteiger partial charge in [0.15, 0.2) is 0 Å². The first-order chi connectivity index (χ1) is 9.49. The lowest BCUT2D eigenvalue weighted by atomic mass is 9.99. The standard InChI is InChI=1S/C14H16N4O2/c1-16-13(19)10(8-15)6-9-4-5-11-12(7-9)18(3)14(20)17(11)2/h4-5,7,10H,6H2,1-3H3,(H,16,19)/t10-/m1/s1. The Kier molecular flexibility index (Phi) is 3.61. The van der Waals surface area contributed by atoms with E-state index in [1.807, 2.05) is 24.3 Å². The second-order valence-electron chi connectivity index (χ2n) is 4.72. The Hall–Kier alpha value is -2.55. The lowest BCUT2D eigenvalue weighted by Gasteiger charge is -2.08. The highest BCUT2D eigenvalue weighted by Gasteiger charge is 2.17. The first-order valence-electron chi connectivity index (χ1n) is 6.25. The molecule has 6 nitrogen and oxygen atoms in total. The van der Waals surface area contributed by atoms with Gasteiger partial charge in [-0.1, -0.05) is 6.07 Å². The van der Waals surface area contributed by atoms with Crippen LogP contribution in [-0.4, -0.2) is 22.1 Å². The SMILES string of the molecule is CNC(=O)[C@@H](C#N)Cc1ccc2c(c1)n(C)c(=O)n2C. The van der Waals surface area contributed by atoms with Gasteiger partial charge in [-0.2, -0.15) is 5.26 Å². The Morgan fingerprint density at radius 3 is 2.60 bits per heavy atom. The van der Waals surface area contributed by atoms with E-state index in [1.54, 1.807) is 23.2 Å². The molecule has 2 rings (SSSR count). The van der Waals surface area contributed by atoms with E-state index in [1.165, 1.54) is 7.05 Å². The van der Waals surface area contributed by atoms with Crippen molar-refractivity contribution in [3.8, 4) is 6.07 Å². The molecule has 0 aliphatic heterocycles. The summed E-state index contributed by atoms with van der Waals surface area (Å²) < 4.78 is 3.12. The van der Waals surface area contributed by atoms with Crippen molar-refractivity contribution < 1.29 is 4.79 Å². The summed E-state index contributed by atoms with van der Waals surface area (Å²) in [5.74, 6) is -1.02. The van der Waals surface area contributed by atoms with Gasteiger partial charge in [0, 0.05) is 21.1 Å². The van der Waals surface area contributed by atoms with Gasteiger partial charge < -0.3 is 5.32 Å². The summed E-state index contributed by atoms with van der Waals surface area (Å²) >= 11 is 0. The predicted molar refractivity (Wildman–Crippen MR) is 75.0 cm³/mol. The van der Waals surface area contributed by atoms with Crippen molar-refractivity contribution in [2.45, 2.75) is 6.42 Å². The number of nitrogens with one attached hydrogen (secondary N) is 1. The van der Waals surface area contributed by atoms with Gasteiger partial charge in [-0.3, -0.25) is 13.9 Å². The van der Waals surface area contributed by atoms with Gasteiger partial charge in [-0.25, -0.2) is 4.79 Å². The van der Waals surface area contributed by atoms with Gasteiger partial charge in [-0.05, 0) is 24.1 Å². The van der Waals surface area contributed by atoms with Crippen LogP contribution in [-0.2, 0) is 25.3 Å². The highest BCUT2D eigenvalue weighted by Crippen LogP contribution is 2.16. The van der Waals surface area contributed by atoms with E-state index in [0.29, 0.717) is 6.42 Å². The van der Waals surface area contributed by atoms with Crippen molar-refractivity contribution in [2.75, 3.05) is 7.05 Å². The number of carbonyl (C=O) groups excluding carboxylic acids is 1. The highest BCUT2D eigenvalue weighted by molar-refractivity contribution is 5.81. The number of aromatic nitrogens is 2. The number of hydrogen-bond acceptors (Lipinski definition) is 3. The van der Waals surface area contributed by atoms with Crippen molar-refractivity contribution in [2.24, 2.45) is 20.0 Å². The Labute approximate surface area is 116 Å². The molecule has 0 bridgehead atoms. The molecule has 1 heterocycles. The molecule has 2 aromatic rings. The fraction of sp³-hybridized carbons (Fsp3) is 0.357. The van der Waals surface area contributed by atoms with Crippen molar-refractivity contribution in [1.82, 2.24) is 14.5 Å². The summed E-state index contributed by atoms with van der Waals surface area (Å²) in [4.78, 5) is 23.4. The van der Waals surface area contributed by atoms with E-state index >= 15 is 0 Å². The number of benzene rings is 1. The van der Waals surface area contributed by atoms with Gasteiger partial charge in [-0.15, -0.1) is 0 Å². The van der Waals surface area contributed by atoms with Crippen LogP contribution in [0.3, 0.4) is 0 Å². The Bertz CT molecular complexity index is 764. The third-order valence-corrected chi connectivity index (χ3v) is 3.49. The van der Waals surface area contributed by atoms with Crippen LogP contribution in [0.4, 0.5) is 0 Å². The lowest BCUT2D eigenvalue weighted by molar-refractivity contribution is -0.122. The second kappa shape index (κ2) is 5.21. The van der Waals surface area contributed by atoms with Crippen LogP contribution in [0.2, 0.25) is 0 Å². The van der Waals surface area contributed by atoms with Crippen molar-refractivity contribution in [3.63, 3.8) is 0 Å². The summed E-state index contributed by atoms with van der Waals surface area (Å²) in [6.07, 6.45) is 0.329. The molecule has 6 heteroatoms. The largest absolute Gasteiger partial charge is 0.358 e. The Balaban J connectivity index is 2.43. The number of aryl methyl sites for hydroxylation is 2. The molecule has 0 unspecified atom stereocenters. The molecule has 1 aromatic heterocycles. The zero-order chi connectivity index (χ0) is 14.9. The summed E-state index contributed by atoms with van der Waals surface area (Å²) in [6.45, 7) is 0. The van der Waals surface area contributed by atoms with Crippen molar-refractivity contribution in [3.05, 3.63) is 34.2 Å². The maximum atomic E-state index is 11.8. The molecule has 0 aliphatic rings. The molecule has 0 fully saturated rings. The molecule has 1 amide bonds. The lowest BCUT2D eigenvalue weighted by Crippen LogP contribution is -2.27. The van der Waals surface area contributed by atoms with Crippen molar-refractivity contribution >= 4 is 16.9 Å². The summed E-state index contributed by atoms with van der Waals surface area (Å²) in [7, 11) is 4.93. The number of nitrogens with zero attached hydrogens (tertiary/aromatic N) is 3. The molecular formula is C14H16N4O2. The second-order valence-corrected chi connectivity index (χ2v) is 4.72. The number of hydrogen-bond donors (Lipinski definition) is 1. The van der Waals surface area contributed by atoms with Crippen LogP contribution >= 0.6 is 0 Å². The zero-order valence-electron chi connectivity index (χ0n) is 11.7. The minimum atomic E-state index is -0.724. The average Bonchev–Trinajstić information content (AvgIpc) is 2.68. The van der Waals surface area contributed by atoms with E-state index in [2.05, 4.69) is 5.32 Å². The number of carbonyl (C=O) groups is 1. The van der Waals surface area contributed by atoms with Crippen LogP contribution in [0.15, 0.2) is 23.0 Å². The molecule has 0 saturated carbocycles. The molecule has 0 radical (unpaired) electrons. The maximum Gasteiger partial charge on any atom is 0.328 e. The monoisotopic (exact) mass is 272 g/mol. The molecule has 0 aliphatic carbocycles. The summed E-state index contributed by atoms with van der Waals surface area (Å²) in [6, 6.07) is 7.53. The topological polar surface area (TPSA) is 79.8 Å². The maximum absolute atomic E-state index is 11.8. The minimum Gasteiger partial charge on any atom is -0.358 e. The molecule has 0 saturated heterocycles. The normalized spacial score (nSPS) is 12.1. The van der Waals surface area contributed by atoms with Crippen LogP contribution in [0.5, 0.6) is 0 Å². The van der Waals surface area contributed by atoms with E-state index < -0.39 is 5.92 Å². The average molecular weight is 272 g/mol. The molecule has 0 spiro atoms. The van der Waals surface area contributed by atoms with Crippen molar-refractivity contribution in [1.29, 1.82) is 5.26 Å². The first-order valence-corrected chi connectivity index (χ1v) is 6.25. The summed E-state index contributed by atoms with van der Waals surface area (Å²) in [5.41, 5.74) is 2.38. The van der Waals surface area contributed by atoms with E-state index in [9.17, 15) is 9.59 Å². The molecule has 104 valence electrons. The summed E-state index contributed by atoms with van der Waals surface area (Å²) in [5, 5.41) is 11.5. The third kappa shape index (κ3) is 2.18. The quantitative estimate of drug-likeness (QED) is 0.873. The fourth-order valence-electron chi connectivity index (χ4n) is 2.29. The van der Waals surface area contributed by atoms with Crippen LogP contribution in [0.25, 0.3) is 11.0 Å². The van der Waals surface area contributed by atoms with E-state index in [-0.39, 0.29) is 11.6 Å². The van der Waals surface area contributed by atoms with Gasteiger partial charge in [0.1, 0.15) is 5.92 Å². The number of nitriles is 1. The van der Waals surface area contributed by atoms with Gasteiger partial charge in [0.05, 0.1) is 17.1 Å². The van der Waals surface area contributed by atoms with Crippen LogP contribution in [0, 0.1) is 17.2 Å². The van der Waals surface area contributed by atoms with Gasteiger partial charge in [0.25, 0.3) is 0 Å².